The number of halogens is 3. The summed E-state index contributed by atoms with van der Waals surface area (Å²) in [5.41, 5.74) is 6.18. The molecule has 0 unspecified atom stereocenters. The maximum absolute atomic E-state index is 15.1. The maximum atomic E-state index is 15.1. The van der Waals surface area contributed by atoms with E-state index < -0.39 is 29.8 Å². The summed E-state index contributed by atoms with van der Waals surface area (Å²) < 4.78 is 21.4. The number of carbonyl (C=O) groups is 3. The van der Waals surface area contributed by atoms with Crippen LogP contribution in [0.2, 0.25) is 5.02 Å². The molecule has 1 aromatic heterocycles. The van der Waals surface area contributed by atoms with Crippen molar-refractivity contribution in [2.24, 2.45) is 0 Å². The fraction of sp³-hybridized carbons (Fsp3) is 0.200. The number of amides is 2. The van der Waals surface area contributed by atoms with E-state index in [-0.39, 0.29) is 45.4 Å². The average molecular weight is 576 g/mol. The SMILES string of the molecule is CCC(=O)c1ccc(F)c([C@@H]2C[C@@H]2NC(=O)Nc2ccc(Br)cn2)c1OC(=O)c1ccc(Cl)c(N)c1. The quantitative estimate of drug-likeness (QED) is 0.144. The van der Waals surface area contributed by atoms with E-state index in [2.05, 4.69) is 31.5 Å². The van der Waals surface area contributed by atoms with Crippen molar-refractivity contribution < 1.29 is 23.5 Å². The highest BCUT2D eigenvalue weighted by molar-refractivity contribution is 9.10. The molecule has 1 aliphatic rings. The molecule has 0 saturated heterocycles. The lowest BCUT2D eigenvalue weighted by Crippen LogP contribution is -2.31. The Balaban J connectivity index is 1.58. The second kappa shape index (κ2) is 10.6. The lowest BCUT2D eigenvalue weighted by Gasteiger charge is -2.16. The van der Waals surface area contributed by atoms with Crippen molar-refractivity contribution in [1.29, 1.82) is 0 Å². The van der Waals surface area contributed by atoms with Crippen LogP contribution in [0.4, 0.5) is 20.7 Å². The van der Waals surface area contributed by atoms with Crippen molar-refractivity contribution in [3.8, 4) is 5.75 Å². The summed E-state index contributed by atoms with van der Waals surface area (Å²) in [5, 5.41) is 5.63. The van der Waals surface area contributed by atoms with Crippen molar-refractivity contribution in [1.82, 2.24) is 10.3 Å². The Morgan fingerprint density at radius 3 is 2.67 bits per heavy atom. The number of nitrogen functional groups attached to an aromatic ring is 1. The molecule has 1 aliphatic carbocycles. The summed E-state index contributed by atoms with van der Waals surface area (Å²) in [7, 11) is 0. The van der Waals surface area contributed by atoms with E-state index in [1.54, 1.807) is 19.1 Å². The molecule has 1 fully saturated rings. The van der Waals surface area contributed by atoms with Crippen molar-refractivity contribution in [2.45, 2.75) is 31.7 Å². The third kappa shape index (κ3) is 5.66. The van der Waals surface area contributed by atoms with Crippen LogP contribution in [0, 0.1) is 5.82 Å². The second-order valence-corrected chi connectivity index (χ2v) is 9.47. The predicted octanol–water partition coefficient (Wildman–Crippen LogP) is 5.71. The van der Waals surface area contributed by atoms with Crippen molar-refractivity contribution in [3.05, 3.63) is 80.7 Å². The van der Waals surface area contributed by atoms with Gasteiger partial charge < -0.3 is 15.8 Å². The van der Waals surface area contributed by atoms with Gasteiger partial charge in [0, 0.05) is 34.6 Å². The first-order valence-corrected chi connectivity index (χ1v) is 12.2. The minimum Gasteiger partial charge on any atom is -0.422 e. The topological polar surface area (TPSA) is 123 Å². The van der Waals surface area contributed by atoms with Gasteiger partial charge in [-0.1, -0.05) is 18.5 Å². The fourth-order valence-electron chi connectivity index (χ4n) is 3.71. The van der Waals surface area contributed by atoms with E-state index >= 15 is 4.39 Å². The molecule has 2 atom stereocenters. The van der Waals surface area contributed by atoms with Crippen LogP contribution in [0.3, 0.4) is 0 Å². The number of ether oxygens (including phenoxy) is 1. The minimum absolute atomic E-state index is 0.0525. The number of nitrogens with zero attached hydrogens (tertiary/aromatic N) is 1. The molecule has 11 heteroatoms. The highest BCUT2D eigenvalue weighted by Crippen LogP contribution is 2.47. The average Bonchev–Trinajstić information content (AvgIpc) is 3.60. The Morgan fingerprint density at radius 2 is 2.00 bits per heavy atom. The van der Waals surface area contributed by atoms with Crippen LogP contribution < -0.4 is 21.1 Å². The lowest BCUT2D eigenvalue weighted by atomic mass is 9.99. The van der Waals surface area contributed by atoms with E-state index in [4.69, 9.17) is 22.1 Å². The zero-order valence-electron chi connectivity index (χ0n) is 19.0. The molecule has 4 N–H and O–H groups in total. The number of rotatable bonds is 7. The highest BCUT2D eigenvalue weighted by Gasteiger charge is 2.44. The molecule has 1 saturated carbocycles. The number of hydrogen-bond donors (Lipinski definition) is 3. The van der Waals surface area contributed by atoms with Crippen LogP contribution in [0.1, 0.15) is 52.0 Å². The number of nitrogens with one attached hydrogen (secondary N) is 2. The number of ketones is 1. The highest BCUT2D eigenvalue weighted by atomic mass is 79.9. The number of anilines is 2. The fourth-order valence-corrected chi connectivity index (χ4v) is 4.06. The molecule has 36 heavy (non-hydrogen) atoms. The number of Topliss-reactive ketones (excluding diaryl/α,β-unsaturated/α-hetero) is 1. The standard InChI is InChI=1S/C25H21BrClFN4O4/c1-2-20(33)14-5-7-17(28)22(23(14)36-24(34)12-3-6-16(27)18(29)9-12)15-10-19(15)31-25(35)32-21-8-4-13(26)11-30-21/h3-9,11,15,19H,2,10,29H2,1H3,(H2,30,31,32,35)/t15-,19+/m1/s1. The predicted molar refractivity (Wildman–Crippen MR) is 137 cm³/mol. The number of hydrogen-bond acceptors (Lipinski definition) is 6. The Hall–Kier alpha value is -3.50. The van der Waals surface area contributed by atoms with Crippen molar-refractivity contribution in [3.63, 3.8) is 0 Å². The van der Waals surface area contributed by atoms with Gasteiger partial charge in [0.15, 0.2) is 5.78 Å². The molecular formula is C25H21BrClFN4O4. The number of pyridine rings is 1. The zero-order valence-corrected chi connectivity index (χ0v) is 21.3. The molecule has 0 bridgehead atoms. The Labute approximate surface area is 219 Å². The molecule has 186 valence electrons. The van der Waals surface area contributed by atoms with Crippen LogP contribution >= 0.6 is 27.5 Å². The monoisotopic (exact) mass is 574 g/mol. The molecule has 2 amide bonds. The molecular weight excluding hydrogens is 555 g/mol. The van der Waals surface area contributed by atoms with Crippen molar-refractivity contribution >= 4 is 56.8 Å². The van der Waals surface area contributed by atoms with E-state index in [0.717, 1.165) is 10.5 Å². The van der Waals surface area contributed by atoms with Gasteiger partial charge in [0.05, 0.1) is 21.8 Å². The molecule has 1 heterocycles. The van der Waals surface area contributed by atoms with Gasteiger partial charge in [-0.15, -0.1) is 0 Å². The summed E-state index contributed by atoms with van der Waals surface area (Å²) in [4.78, 5) is 42.0. The van der Waals surface area contributed by atoms with E-state index in [0.29, 0.717) is 12.2 Å². The first-order chi connectivity index (χ1) is 17.2. The number of urea groups is 1. The minimum atomic E-state index is -0.820. The van der Waals surface area contributed by atoms with Crippen LogP contribution in [-0.4, -0.2) is 28.8 Å². The Bertz CT molecular complexity index is 1350. The summed E-state index contributed by atoms with van der Waals surface area (Å²) in [6, 6.07) is 9.04. The molecule has 2 aromatic carbocycles. The summed E-state index contributed by atoms with van der Waals surface area (Å²) in [5.74, 6) is -2.11. The summed E-state index contributed by atoms with van der Waals surface area (Å²) >= 11 is 9.20. The molecule has 3 aromatic rings. The van der Waals surface area contributed by atoms with E-state index in [1.165, 1.54) is 30.5 Å². The Kier molecular flexibility index (Phi) is 7.56. The normalized spacial score (nSPS) is 16.2. The molecule has 8 nitrogen and oxygen atoms in total. The van der Waals surface area contributed by atoms with Gasteiger partial charge in [-0.05, 0) is 64.8 Å². The smallest absolute Gasteiger partial charge is 0.343 e. The number of carbonyl (C=O) groups excluding carboxylic acids is 3. The number of nitrogens with two attached hydrogens (primary N) is 1. The summed E-state index contributed by atoms with van der Waals surface area (Å²) in [6.07, 6.45) is 2.05. The van der Waals surface area contributed by atoms with Gasteiger partial charge in [-0.2, -0.15) is 0 Å². The lowest BCUT2D eigenvalue weighted by molar-refractivity contribution is 0.0730. The van der Waals surface area contributed by atoms with Crippen LogP contribution in [0.5, 0.6) is 5.75 Å². The summed E-state index contributed by atoms with van der Waals surface area (Å²) in [6.45, 7) is 1.65. The van der Waals surface area contributed by atoms with Gasteiger partial charge in [-0.25, -0.2) is 19.0 Å². The van der Waals surface area contributed by atoms with E-state index in [1.807, 2.05) is 0 Å². The van der Waals surface area contributed by atoms with Crippen LogP contribution in [-0.2, 0) is 0 Å². The van der Waals surface area contributed by atoms with Gasteiger partial charge >= 0.3 is 12.0 Å². The molecule has 4 rings (SSSR count). The third-order valence-electron chi connectivity index (χ3n) is 5.64. The van der Waals surface area contributed by atoms with Gasteiger partial charge in [0.25, 0.3) is 0 Å². The van der Waals surface area contributed by atoms with Gasteiger partial charge in [0.1, 0.15) is 17.4 Å². The zero-order chi connectivity index (χ0) is 26.0. The first kappa shape index (κ1) is 25.6. The van der Waals surface area contributed by atoms with E-state index in [9.17, 15) is 14.4 Å². The van der Waals surface area contributed by atoms with Gasteiger partial charge in [-0.3, -0.25) is 10.1 Å². The van der Waals surface area contributed by atoms with Crippen molar-refractivity contribution in [2.75, 3.05) is 11.1 Å². The molecule has 0 aliphatic heterocycles. The maximum Gasteiger partial charge on any atom is 0.343 e. The van der Waals surface area contributed by atoms with Gasteiger partial charge in [0.2, 0.25) is 0 Å². The van der Waals surface area contributed by atoms with Crippen LogP contribution in [0.25, 0.3) is 0 Å². The second-order valence-electron chi connectivity index (χ2n) is 8.15. The third-order valence-corrected chi connectivity index (χ3v) is 6.45. The Morgan fingerprint density at radius 1 is 1.22 bits per heavy atom. The number of benzene rings is 2. The van der Waals surface area contributed by atoms with Crippen LogP contribution in [0.15, 0.2) is 53.1 Å². The molecule has 0 radical (unpaired) electrons. The largest absolute Gasteiger partial charge is 0.422 e. The first-order valence-electron chi connectivity index (χ1n) is 11.0. The molecule has 0 spiro atoms. The number of aromatic nitrogens is 1. The number of esters is 1.